The van der Waals surface area contributed by atoms with Crippen molar-refractivity contribution in [2.75, 3.05) is 0 Å². The molecule has 136 valence electrons. The number of fused-ring (bicyclic) bond motifs is 1. The van der Waals surface area contributed by atoms with Crippen LogP contribution in [0.2, 0.25) is 5.02 Å². The highest BCUT2D eigenvalue weighted by molar-refractivity contribution is 6.30. The maximum Gasteiger partial charge on any atom is 0.138 e. The maximum atomic E-state index is 6.00. The average Bonchev–Trinajstić information content (AvgIpc) is 3.39. The fourth-order valence-corrected chi connectivity index (χ4v) is 3.66. The van der Waals surface area contributed by atoms with E-state index < -0.39 is 0 Å². The number of imidazole rings is 2. The molecule has 0 saturated carbocycles. The first-order valence-electron chi connectivity index (χ1n) is 9.06. The summed E-state index contributed by atoms with van der Waals surface area (Å²) in [5, 5.41) is 0.716. The number of nitrogens with zero attached hydrogens (tertiary/aromatic N) is 3. The lowest BCUT2D eigenvalue weighted by atomic mass is 9.98. The Hall–Kier alpha value is -3.37. The van der Waals surface area contributed by atoms with Crippen LogP contribution in [0, 0.1) is 0 Å². The highest BCUT2D eigenvalue weighted by Crippen LogP contribution is 2.29. The summed E-state index contributed by atoms with van der Waals surface area (Å²) >= 11 is 6.00. The fourth-order valence-electron chi connectivity index (χ4n) is 3.53. The fraction of sp³-hybridized carbons (Fsp3) is 0.0435. The molecular weight excluding hydrogens is 368 g/mol. The third kappa shape index (κ3) is 3.08. The summed E-state index contributed by atoms with van der Waals surface area (Å²) in [6, 6.07) is 24.5. The van der Waals surface area contributed by atoms with Crippen LogP contribution in [0.3, 0.4) is 0 Å². The number of aromatic nitrogens is 4. The van der Waals surface area contributed by atoms with Gasteiger partial charge < -0.3 is 9.55 Å². The van der Waals surface area contributed by atoms with E-state index >= 15 is 0 Å². The van der Waals surface area contributed by atoms with Crippen LogP contribution in [0.4, 0.5) is 0 Å². The molecule has 0 saturated heterocycles. The van der Waals surface area contributed by atoms with Crippen molar-refractivity contribution in [2.45, 2.75) is 6.04 Å². The second kappa shape index (κ2) is 6.98. The largest absolute Gasteiger partial charge is 0.338 e. The first-order valence-corrected chi connectivity index (χ1v) is 9.44. The molecule has 0 spiro atoms. The van der Waals surface area contributed by atoms with E-state index in [1.807, 2.05) is 49.1 Å². The minimum atomic E-state index is 0.0452. The van der Waals surface area contributed by atoms with Crippen molar-refractivity contribution in [3.8, 4) is 11.4 Å². The lowest BCUT2D eigenvalue weighted by Crippen LogP contribution is -2.10. The molecule has 5 heteroatoms. The van der Waals surface area contributed by atoms with Gasteiger partial charge in [0.25, 0.3) is 0 Å². The molecule has 5 aromatic rings. The zero-order valence-corrected chi connectivity index (χ0v) is 15.7. The van der Waals surface area contributed by atoms with Gasteiger partial charge in [-0.25, -0.2) is 9.97 Å². The number of halogens is 1. The summed E-state index contributed by atoms with van der Waals surface area (Å²) in [5.74, 6) is 0.836. The predicted octanol–water partition coefficient (Wildman–Crippen LogP) is 5.72. The van der Waals surface area contributed by atoms with Gasteiger partial charge in [-0.15, -0.1) is 0 Å². The number of rotatable bonds is 4. The molecule has 4 nitrogen and oxygen atoms in total. The molecular formula is C23H17ClN4. The minimum absolute atomic E-state index is 0.0452. The molecule has 0 aliphatic rings. The maximum absolute atomic E-state index is 6.00. The highest BCUT2D eigenvalue weighted by Gasteiger charge is 2.17. The van der Waals surface area contributed by atoms with Gasteiger partial charge in [-0.3, -0.25) is 0 Å². The van der Waals surface area contributed by atoms with E-state index in [-0.39, 0.29) is 6.04 Å². The standard InChI is InChI=1S/C23H17ClN4/c24-19-9-6-17(7-10-19)23-26-20-11-8-18(14-21(20)27-23)22(28-13-12-25-15-28)16-4-2-1-3-5-16/h1-15,22H,(H,26,27). The molecule has 1 unspecified atom stereocenters. The topological polar surface area (TPSA) is 46.5 Å². The Balaban J connectivity index is 1.60. The molecule has 28 heavy (non-hydrogen) atoms. The molecule has 0 aliphatic heterocycles. The van der Waals surface area contributed by atoms with Crippen molar-refractivity contribution in [2.24, 2.45) is 0 Å². The Labute approximate surface area is 167 Å². The number of hydrogen-bond donors (Lipinski definition) is 1. The monoisotopic (exact) mass is 384 g/mol. The molecule has 1 N–H and O–H groups in total. The van der Waals surface area contributed by atoms with Crippen LogP contribution >= 0.6 is 11.6 Å². The van der Waals surface area contributed by atoms with Crippen molar-refractivity contribution in [3.05, 3.63) is 108 Å². The highest BCUT2D eigenvalue weighted by atomic mass is 35.5. The molecule has 2 aromatic heterocycles. The van der Waals surface area contributed by atoms with Crippen molar-refractivity contribution in [1.82, 2.24) is 19.5 Å². The van der Waals surface area contributed by atoms with Crippen LogP contribution in [0.25, 0.3) is 22.4 Å². The molecule has 0 bridgehead atoms. The van der Waals surface area contributed by atoms with Crippen molar-refractivity contribution < 1.29 is 0 Å². The van der Waals surface area contributed by atoms with Crippen molar-refractivity contribution in [3.63, 3.8) is 0 Å². The quantitative estimate of drug-likeness (QED) is 0.431. The normalized spacial score (nSPS) is 12.3. The predicted molar refractivity (Wildman–Crippen MR) is 112 cm³/mol. The first-order chi connectivity index (χ1) is 13.8. The average molecular weight is 385 g/mol. The summed E-state index contributed by atoms with van der Waals surface area (Å²) in [6.07, 6.45) is 5.65. The van der Waals surface area contributed by atoms with Crippen molar-refractivity contribution in [1.29, 1.82) is 0 Å². The lowest BCUT2D eigenvalue weighted by Gasteiger charge is -2.19. The Bertz CT molecular complexity index is 1210. The zero-order valence-electron chi connectivity index (χ0n) is 15.0. The molecule has 5 rings (SSSR count). The third-order valence-electron chi connectivity index (χ3n) is 4.88. The van der Waals surface area contributed by atoms with Crippen molar-refractivity contribution >= 4 is 22.6 Å². The molecule has 0 aliphatic carbocycles. The molecule has 1 atom stereocenters. The Kier molecular flexibility index (Phi) is 4.18. The van der Waals surface area contributed by atoms with Crippen LogP contribution in [0.5, 0.6) is 0 Å². The summed E-state index contributed by atoms with van der Waals surface area (Å²) < 4.78 is 2.11. The summed E-state index contributed by atoms with van der Waals surface area (Å²) in [7, 11) is 0. The number of H-pyrrole nitrogens is 1. The Morgan fingerprint density at radius 1 is 0.893 bits per heavy atom. The molecule has 3 aromatic carbocycles. The third-order valence-corrected chi connectivity index (χ3v) is 5.13. The molecule has 0 fully saturated rings. The van der Waals surface area contributed by atoms with Crippen LogP contribution in [0.1, 0.15) is 17.2 Å². The van der Waals surface area contributed by atoms with Crippen LogP contribution in [-0.4, -0.2) is 19.5 Å². The Morgan fingerprint density at radius 2 is 1.71 bits per heavy atom. The summed E-state index contributed by atoms with van der Waals surface area (Å²) in [4.78, 5) is 12.4. The molecule has 0 radical (unpaired) electrons. The van der Waals surface area contributed by atoms with E-state index in [0.717, 1.165) is 28.0 Å². The summed E-state index contributed by atoms with van der Waals surface area (Å²) in [6.45, 7) is 0. The second-order valence-corrected chi connectivity index (χ2v) is 7.13. The summed E-state index contributed by atoms with van der Waals surface area (Å²) in [5.41, 5.74) is 5.31. The van der Waals surface area contributed by atoms with Crippen LogP contribution in [-0.2, 0) is 0 Å². The van der Waals surface area contributed by atoms with E-state index in [9.17, 15) is 0 Å². The van der Waals surface area contributed by atoms with Gasteiger partial charge in [0.1, 0.15) is 5.82 Å². The number of aromatic amines is 1. The lowest BCUT2D eigenvalue weighted by molar-refractivity contribution is 0.677. The first kappa shape index (κ1) is 16.8. The number of benzene rings is 3. The SMILES string of the molecule is Clc1ccc(-c2nc3cc(C(c4ccccc4)n4ccnc4)ccc3[nH]2)cc1. The van der Waals surface area contributed by atoms with E-state index in [0.29, 0.717) is 5.02 Å². The Morgan fingerprint density at radius 3 is 2.46 bits per heavy atom. The van der Waals surface area contributed by atoms with E-state index in [4.69, 9.17) is 16.6 Å². The van der Waals surface area contributed by atoms with E-state index in [1.54, 1.807) is 0 Å². The number of nitrogens with one attached hydrogen (secondary N) is 1. The zero-order chi connectivity index (χ0) is 18.9. The van der Waals surface area contributed by atoms with Gasteiger partial charge in [0, 0.05) is 23.0 Å². The van der Waals surface area contributed by atoms with Crippen LogP contribution < -0.4 is 0 Å². The van der Waals surface area contributed by atoms with Crippen LogP contribution in [0.15, 0.2) is 91.5 Å². The van der Waals surface area contributed by atoms with Gasteiger partial charge in [-0.2, -0.15) is 0 Å². The van der Waals surface area contributed by atoms with Gasteiger partial charge in [0.2, 0.25) is 0 Å². The smallest absolute Gasteiger partial charge is 0.138 e. The molecule has 2 heterocycles. The van der Waals surface area contributed by atoms with Gasteiger partial charge in [0.05, 0.1) is 23.4 Å². The van der Waals surface area contributed by atoms with E-state index in [2.05, 4.69) is 57.0 Å². The molecule has 0 amide bonds. The van der Waals surface area contributed by atoms with Gasteiger partial charge in [-0.05, 0) is 47.5 Å². The van der Waals surface area contributed by atoms with Gasteiger partial charge in [0.15, 0.2) is 0 Å². The number of hydrogen-bond acceptors (Lipinski definition) is 2. The second-order valence-electron chi connectivity index (χ2n) is 6.69. The van der Waals surface area contributed by atoms with E-state index in [1.165, 1.54) is 5.56 Å². The minimum Gasteiger partial charge on any atom is -0.338 e. The van der Waals surface area contributed by atoms with Gasteiger partial charge >= 0.3 is 0 Å². The van der Waals surface area contributed by atoms with Gasteiger partial charge in [-0.1, -0.05) is 48.0 Å².